The second-order valence-electron chi connectivity index (χ2n) is 10.5. The van der Waals surface area contributed by atoms with Gasteiger partial charge in [0.2, 0.25) is 0 Å². The van der Waals surface area contributed by atoms with Crippen LogP contribution < -0.4 is 20.9 Å². The molecule has 2 aliphatic rings. The van der Waals surface area contributed by atoms with Gasteiger partial charge < -0.3 is 20.9 Å². The van der Waals surface area contributed by atoms with Gasteiger partial charge in [-0.05, 0) is 74.9 Å². The van der Waals surface area contributed by atoms with Crippen LogP contribution in [0.15, 0.2) is 48.8 Å². The van der Waals surface area contributed by atoms with Gasteiger partial charge in [0.25, 0.3) is 11.8 Å². The molecule has 0 radical (unpaired) electrons. The van der Waals surface area contributed by atoms with Crippen LogP contribution in [-0.2, 0) is 0 Å². The maximum Gasteiger partial charge on any atom is 0.257 e. The van der Waals surface area contributed by atoms with Crippen molar-refractivity contribution in [2.24, 2.45) is 5.92 Å². The Labute approximate surface area is 228 Å². The largest absolute Gasteiger partial charge is 0.371 e. The molecule has 1 aliphatic carbocycles. The molecule has 5 rings (SSSR count). The lowest BCUT2D eigenvalue weighted by Crippen LogP contribution is -2.20. The van der Waals surface area contributed by atoms with E-state index in [0.29, 0.717) is 34.2 Å². The van der Waals surface area contributed by atoms with Crippen LogP contribution in [0.3, 0.4) is 0 Å². The molecule has 8 nitrogen and oxygen atoms in total. The Morgan fingerprint density at radius 1 is 0.897 bits per heavy atom. The fourth-order valence-corrected chi connectivity index (χ4v) is 5.31. The Balaban J connectivity index is 1.21. The first-order valence-corrected chi connectivity index (χ1v) is 13.8. The summed E-state index contributed by atoms with van der Waals surface area (Å²) in [6.45, 7) is 4.34. The number of pyridine rings is 2. The average molecular weight is 531 g/mol. The zero-order valence-electron chi connectivity index (χ0n) is 22.3. The number of nitrogens with one attached hydrogen (secondary N) is 3. The van der Waals surface area contributed by atoms with E-state index in [4.69, 9.17) is 0 Å². The fourth-order valence-electron chi connectivity index (χ4n) is 5.31. The molecule has 2 aromatic heterocycles. The Bertz CT molecular complexity index is 1320. The van der Waals surface area contributed by atoms with Crippen molar-refractivity contribution < 1.29 is 14.0 Å². The summed E-state index contributed by atoms with van der Waals surface area (Å²) < 4.78 is 14.3. The Hall–Kier alpha value is -4.01. The molecule has 2 fully saturated rings. The van der Waals surface area contributed by atoms with E-state index in [0.717, 1.165) is 38.3 Å². The highest BCUT2D eigenvalue weighted by molar-refractivity contribution is 6.08. The van der Waals surface area contributed by atoms with Gasteiger partial charge in [0.1, 0.15) is 11.6 Å². The lowest BCUT2D eigenvalue weighted by molar-refractivity contribution is 0.101. The van der Waals surface area contributed by atoms with E-state index in [-0.39, 0.29) is 11.5 Å². The van der Waals surface area contributed by atoms with Gasteiger partial charge in [0.05, 0.1) is 35.0 Å². The van der Waals surface area contributed by atoms with Gasteiger partial charge in [0, 0.05) is 30.9 Å². The fraction of sp³-hybridized carbons (Fsp3) is 0.400. The minimum absolute atomic E-state index is 0.215. The van der Waals surface area contributed by atoms with Crippen molar-refractivity contribution in [1.82, 2.24) is 9.97 Å². The number of anilines is 4. The van der Waals surface area contributed by atoms with Gasteiger partial charge >= 0.3 is 0 Å². The molecular weight excluding hydrogens is 495 g/mol. The van der Waals surface area contributed by atoms with Gasteiger partial charge in [-0.1, -0.05) is 19.3 Å². The lowest BCUT2D eigenvalue weighted by atomic mass is 9.89. The van der Waals surface area contributed by atoms with E-state index in [1.54, 1.807) is 25.3 Å². The van der Waals surface area contributed by atoms with Gasteiger partial charge in [-0.25, -0.2) is 9.37 Å². The predicted octanol–water partition coefficient (Wildman–Crippen LogP) is 6.02. The Morgan fingerprint density at radius 3 is 2.38 bits per heavy atom. The highest BCUT2D eigenvalue weighted by Gasteiger charge is 2.18. The Kier molecular flexibility index (Phi) is 8.34. The van der Waals surface area contributed by atoms with Crippen molar-refractivity contribution >= 4 is 34.7 Å². The number of carbonyl (C=O) groups excluding carboxylic acids is 2. The summed E-state index contributed by atoms with van der Waals surface area (Å²) in [4.78, 5) is 36.8. The zero-order valence-corrected chi connectivity index (χ0v) is 22.3. The molecule has 0 bridgehead atoms. The number of aromatic nitrogens is 2. The molecule has 1 aromatic carbocycles. The van der Waals surface area contributed by atoms with E-state index in [1.165, 1.54) is 50.4 Å². The van der Waals surface area contributed by atoms with Gasteiger partial charge in [0.15, 0.2) is 0 Å². The third-order valence-corrected chi connectivity index (χ3v) is 7.52. The topological polar surface area (TPSA) is 99.2 Å². The number of hydrogen-bond acceptors (Lipinski definition) is 6. The SMILES string of the molecule is Cc1ncc(NC(=O)c2cc(F)cc(N3CCCC3)c2)cc1C(=O)Nc1ccc(NCC2CCCCC2)nc1. The summed E-state index contributed by atoms with van der Waals surface area (Å²) in [7, 11) is 0. The van der Waals surface area contributed by atoms with E-state index in [9.17, 15) is 14.0 Å². The van der Waals surface area contributed by atoms with Crippen LogP contribution in [0.2, 0.25) is 0 Å². The first-order chi connectivity index (χ1) is 18.9. The first-order valence-electron chi connectivity index (χ1n) is 13.8. The summed E-state index contributed by atoms with van der Waals surface area (Å²) in [5, 5.41) is 9.00. The predicted molar refractivity (Wildman–Crippen MR) is 152 cm³/mol. The number of benzene rings is 1. The third kappa shape index (κ3) is 6.90. The Morgan fingerprint density at radius 2 is 1.64 bits per heavy atom. The van der Waals surface area contributed by atoms with Crippen LogP contribution in [0.25, 0.3) is 0 Å². The average Bonchev–Trinajstić information content (AvgIpc) is 3.49. The van der Waals surface area contributed by atoms with Gasteiger partial charge in [-0.15, -0.1) is 0 Å². The third-order valence-electron chi connectivity index (χ3n) is 7.52. The molecule has 204 valence electrons. The normalized spacial score (nSPS) is 15.7. The van der Waals surface area contributed by atoms with Crippen molar-refractivity contribution in [3.63, 3.8) is 0 Å². The van der Waals surface area contributed by atoms with Crippen LogP contribution in [0.4, 0.5) is 27.3 Å². The van der Waals surface area contributed by atoms with Crippen molar-refractivity contribution in [1.29, 1.82) is 0 Å². The second-order valence-corrected chi connectivity index (χ2v) is 10.5. The van der Waals surface area contributed by atoms with E-state index in [2.05, 4.69) is 30.8 Å². The van der Waals surface area contributed by atoms with Crippen molar-refractivity contribution in [2.75, 3.05) is 40.5 Å². The molecule has 3 heterocycles. The maximum absolute atomic E-state index is 14.3. The van der Waals surface area contributed by atoms with Gasteiger partial charge in [-0.2, -0.15) is 0 Å². The highest BCUT2D eigenvalue weighted by atomic mass is 19.1. The molecule has 39 heavy (non-hydrogen) atoms. The molecule has 0 atom stereocenters. The standard InChI is InChI=1S/C30H35FN6O2/c1-20-27(30(39)35-24-9-10-28(34-18-24)33-17-21-7-3-2-4-8-21)16-25(19-32-20)36-29(38)22-13-23(31)15-26(14-22)37-11-5-6-12-37/h9-10,13-16,18-19,21H,2-8,11-12,17H2,1H3,(H,33,34)(H,35,39)(H,36,38). The summed E-state index contributed by atoms with van der Waals surface area (Å²) in [5.74, 6) is 0.188. The number of rotatable bonds is 8. The maximum atomic E-state index is 14.3. The number of hydrogen-bond donors (Lipinski definition) is 3. The zero-order chi connectivity index (χ0) is 27.2. The monoisotopic (exact) mass is 530 g/mol. The summed E-state index contributed by atoms with van der Waals surface area (Å²) >= 11 is 0. The van der Waals surface area contributed by atoms with Crippen LogP contribution in [0, 0.1) is 18.7 Å². The summed E-state index contributed by atoms with van der Waals surface area (Å²) in [6.07, 6.45) is 11.7. The van der Waals surface area contributed by atoms with Crippen LogP contribution in [0.5, 0.6) is 0 Å². The molecule has 0 unspecified atom stereocenters. The molecule has 1 saturated heterocycles. The minimum atomic E-state index is -0.465. The van der Waals surface area contributed by atoms with Crippen LogP contribution >= 0.6 is 0 Å². The summed E-state index contributed by atoms with van der Waals surface area (Å²) in [6, 6.07) is 9.60. The highest BCUT2D eigenvalue weighted by Crippen LogP contribution is 2.25. The lowest BCUT2D eigenvalue weighted by Gasteiger charge is -2.22. The summed E-state index contributed by atoms with van der Waals surface area (Å²) in [5.41, 5.74) is 2.67. The molecular formula is C30H35FN6O2. The number of aryl methyl sites for hydroxylation is 1. The molecule has 2 amide bonds. The van der Waals surface area contributed by atoms with Gasteiger partial charge in [-0.3, -0.25) is 14.6 Å². The van der Waals surface area contributed by atoms with E-state index < -0.39 is 11.7 Å². The minimum Gasteiger partial charge on any atom is -0.371 e. The molecule has 3 N–H and O–H groups in total. The number of carbonyl (C=O) groups is 2. The van der Waals surface area contributed by atoms with Crippen molar-refractivity contribution in [3.05, 3.63) is 71.4 Å². The van der Waals surface area contributed by atoms with Crippen molar-refractivity contribution in [3.8, 4) is 0 Å². The number of amides is 2. The smallest absolute Gasteiger partial charge is 0.257 e. The quantitative estimate of drug-likeness (QED) is 0.329. The number of nitrogens with zero attached hydrogens (tertiary/aromatic N) is 3. The van der Waals surface area contributed by atoms with E-state index >= 15 is 0 Å². The molecule has 0 spiro atoms. The molecule has 1 aliphatic heterocycles. The number of halogens is 1. The molecule has 9 heteroatoms. The molecule has 3 aromatic rings. The van der Waals surface area contributed by atoms with Crippen LogP contribution in [-0.4, -0.2) is 41.4 Å². The van der Waals surface area contributed by atoms with Crippen LogP contribution in [0.1, 0.15) is 71.4 Å². The molecule has 1 saturated carbocycles. The second kappa shape index (κ2) is 12.2. The van der Waals surface area contributed by atoms with E-state index in [1.807, 2.05) is 12.1 Å². The van der Waals surface area contributed by atoms with Crippen molar-refractivity contribution in [2.45, 2.75) is 51.9 Å². The first kappa shape index (κ1) is 26.6.